The Bertz CT molecular complexity index is 222. The zero-order valence-electron chi connectivity index (χ0n) is 11.4. The van der Waals surface area contributed by atoms with E-state index in [0.717, 1.165) is 12.8 Å². The lowest BCUT2D eigenvalue weighted by Crippen LogP contribution is -2.49. The van der Waals surface area contributed by atoms with Crippen molar-refractivity contribution in [3.05, 3.63) is 0 Å². The normalized spacial score (nSPS) is 14.4. The summed E-state index contributed by atoms with van der Waals surface area (Å²) in [6.07, 6.45) is 2.26. The highest BCUT2D eigenvalue weighted by Gasteiger charge is 2.24. The Labute approximate surface area is 109 Å². The highest BCUT2D eigenvalue weighted by atomic mass is 16.5. The number of unbranched alkanes of at least 4 members (excludes halogenated alkanes) is 1. The van der Waals surface area contributed by atoms with Gasteiger partial charge in [-0.25, -0.2) is 0 Å². The number of rotatable bonds is 12. The third-order valence-corrected chi connectivity index (χ3v) is 2.60. The Hall–Kier alpha value is -0.690. The molecule has 0 heterocycles. The molecule has 1 unspecified atom stereocenters. The Morgan fingerprint density at radius 1 is 1.06 bits per heavy atom. The van der Waals surface area contributed by atoms with E-state index in [1.807, 2.05) is 0 Å². The van der Waals surface area contributed by atoms with Crippen LogP contribution in [-0.4, -0.2) is 51.6 Å². The average Bonchev–Trinajstić information content (AvgIpc) is 2.31. The minimum atomic E-state index is -0.913. The second-order valence-corrected chi connectivity index (χ2v) is 4.46. The van der Waals surface area contributed by atoms with Crippen LogP contribution in [0.2, 0.25) is 0 Å². The molecule has 6 nitrogen and oxygen atoms in total. The summed E-state index contributed by atoms with van der Waals surface area (Å²) >= 11 is 0. The molecule has 0 fully saturated rings. The third kappa shape index (κ3) is 9.35. The summed E-state index contributed by atoms with van der Waals surface area (Å²) in [5.74, 6) is -0.463. The van der Waals surface area contributed by atoms with Crippen LogP contribution in [0.25, 0.3) is 0 Å². The number of amides is 1. The van der Waals surface area contributed by atoms with Crippen molar-refractivity contribution in [1.29, 1.82) is 0 Å². The van der Waals surface area contributed by atoms with Crippen LogP contribution in [0.1, 0.15) is 26.2 Å². The van der Waals surface area contributed by atoms with Gasteiger partial charge in [0.25, 0.3) is 0 Å². The molecule has 0 aliphatic rings. The van der Waals surface area contributed by atoms with Gasteiger partial charge in [0.2, 0.25) is 5.91 Å². The van der Waals surface area contributed by atoms with Crippen LogP contribution < -0.4 is 11.5 Å². The maximum Gasteiger partial charge on any atom is 0.237 e. The first kappa shape index (κ1) is 17.3. The lowest BCUT2D eigenvalue weighted by molar-refractivity contribution is -0.122. The topological polar surface area (TPSA) is 96.8 Å². The summed E-state index contributed by atoms with van der Waals surface area (Å²) in [7, 11) is 1.64. The average molecular weight is 262 g/mol. The van der Waals surface area contributed by atoms with Crippen LogP contribution in [0.15, 0.2) is 0 Å². The van der Waals surface area contributed by atoms with E-state index >= 15 is 0 Å². The molecule has 0 aromatic heterocycles. The number of methoxy groups -OCH3 is 1. The van der Waals surface area contributed by atoms with Crippen molar-refractivity contribution < 1.29 is 19.0 Å². The summed E-state index contributed by atoms with van der Waals surface area (Å²) in [5.41, 5.74) is 9.98. The Morgan fingerprint density at radius 3 is 2.17 bits per heavy atom. The molecule has 0 radical (unpaired) electrons. The number of carbonyl (C=O) groups is 1. The highest BCUT2D eigenvalue weighted by Crippen LogP contribution is 2.09. The van der Waals surface area contributed by atoms with E-state index in [-0.39, 0.29) is 0 Å². The predicted molar refractivity (Wildman–Crippen MR) is 69.2 cm³/mol. The van der Waals surface area contributed by atoms with Gasteiger partial charge in [-0.15, -0.1) is 0 Å². The lowest BCUT2D eigenvalue weighted by Gasteiger charge is -2.19. The van der Waals surface area contributed by atoms with Gasteiger partial charge >= 0.3 is 0 Å². The molecule has 1 atom stereocenters. The molecule has 0 aromatic carbocycles. The van der Waals surface area contributed by atoms with Crippen molar-refractivity contribution in [2.24, 2.45) is 11.5 Å². The standard InChI is InChI=1S/C12H26N2O4/c1-12(14,11(13)15)5-3-4-6-17-9-10-18-8-7-16-2/h3-10,14H2,1-2H3,(H2,13,15). The summed E-state index contributed by atoms with van der Waals surface area (Å²) in [4.78, 5) is 11.0. The van der Waals surface area contributed by atoms with Crippen molar-refractivity contribution in [2.75, 3.05) is 40.1 Å². The van der Waals surface area contributed by atoms with Crippen LogP contribution in [0.3, 0.4) is 0 Å². The quantitative estimate of drug-likeness (QED) is 0.484. The van der Waals surface area contributed by atoms with Crippen LogP contribution in [0.4, 0.5) is 0 Å². The van der Waals surface area contributed by atoms with Crippen LogP contribution in [0, 0.1) is 0 Å². The molecule has 6 heteroatoms. The molecule has 1 amide bonds. The maximum absolute atomic E-state index is 11.0. The van der Waals surface area contributed by atoms with E-state index in [4.69, 9.17) is 25.7 Å². The molecule has 4 N–H and O–H groups in total. The minimum absolute atomic E-state index is 0.463. The van der Waals surface area contributed by atoms with Crippen LogP contribution >= 0.6 is 0 Å². The highest BCUT2D eigenvalue weighted by molar-refractivity contribution is 5.83. The first-order valence-corrected chi connectivity index (χ1v) is 6.24. The molecular weight excluding hydrogens is 236 g/mol. The fraction of sp³-hybridized carbons (Fsp3) is 0.917. The molecule has 0 aromatic rings. The summed E-state index contributed by atoms with van der Waals surface area (Å²) in [5, 5.41) is 0. The molecule has 0 saturated carbocycles. The smallest absolute Gasteiger partial charge is 0.237 e. The molecule has 0 bridgehead atoms. The van der Waals surface area contributed by atoms with Crippen molar-refractivity contribution in [2.45, 2.75) is 31.7 Å². The van der Waals surface area contributed by atoms with Gasteiger partial charge in [0.15, 0.2) is 0 Å². The predicted octanol–water partition coefficient (Wildman–Crippen LogP) is 0.0390. The van der Waals surface area contributed by atoms with Crippen molar-refractivity contribution in [3.63, 3.8) is 0 Å². The SMILES string of the molecule is COCCOCCOCCCCC(C)(N)C(N)=O. The molecular formula is C12H26N2O4. The largest absolute Gasteiger partial charge is 0.382 e. The minimum Gasteiger partial charge on any atom is -0.382 e. The number of nitrogens with two attached hydrogens (primary N) is 2. The van der Waals surface area contributed by atoms with E-state index in [1.165, 1.54) is 0 Å². The van der Waals surface area contributed by atoms with Crippen LogP contribution in [-0.2, 0) is 19.0 Å². The molecule has 0 rings (SSSR count). The van der Waals surface area contributed by atoms with Gasteiger partial charge in [-0.3, -0.25) is 4.79 Å². The number of primary amides is 1. The van der Waals surface area contributed by atoms with E-state index in [1.54, 1.807) is 14.0 Å². The summed E-state index contributed by atoms with van der Waals surface area (Å²) < 4.78 is 15.4. The maximum atomic E-state index is 11.0. The van der Waals surface area contributed by atoms with Crippen LogP contribution in [0.5, 0.6) is 0 Å². The lowest BCUT2D eigenvalue weighted by atomic mass is 9.96. The van der Waals surface area contributed by atoms with Crippen molar-refractivity contribution in [3.8, 4) is 0 Å². The van der Waals surface area contributed by atoms with Gasteiger partial charge in [0.05, 0.1) is 32.0 Å². The molecule has 108 valence electrons. The molecule has 0 aliphatic carbocycles. The van der Waals surface area contributed by atoms with Crippen molar-refractivity contribution >= 4 is 5.91 Å². The van der Waals surface area contributed by atoms with Gasteiger partial charge < -0.3 is 25.7 Å². The second-order valence-electron chi connectivity index (χ2n) is 4.46. The Kier molecular flexibility index (Phi) is 9.86. The van der Waals surface area contributed by atoms with Gasteiger partial charge in [-0.2, -0.15) is 0 Å². The van der Waals surface area contributed by atoms with Gasteiger partial charge in [0, 0.05) is 13.7 Å². The first-order valence-electron chi connectivity index (χ1n) is 6.24. The first-order chi connectivity index (χ1) is 8.50. The van der Waals surface area contributed by atoms with E-state index < -0.39 is 11.4 Å². The molecule has 0 saturated heterocycles. The fourth-order valence-corrected chi connectivity index (χ4v) is 1.28. The molecule has 0 spiro atoms. The zero-order chi connectivity index (χ0) is 13.9. The second kappa shape index (κ2) is 10.3. The number of carbonyl (C=O) groups excluding carboxylic acids is 1. The summed E-state index contributed by atoms with van der Waals surface area (Å²) in [6.45, 7) is 4.62. The third-order valence-electron chi connectivity index (χ3n) is 2.60. The number of hydrogen-bond acceptors (Lipinski definition) is 5. The van der Waals surface area contributed by atoms with E-state index in [0.29, 0.717) is 39.5 Å². The van der Waals surface area contributed by atoms with Crippen molar-refractivity contribution in [1.82, 2.24) is 0 Å². The van der Waals surface area contributed by atoms with Gasteiger partial charge in [-0.05, 0) is 26.2 Å². The van der Waals surface area contributed by atoms with E-state index in [2.05, 4.69) is 0 Å². The summed E-state index contributed by atoms with van der Waals surface area (Å²) in [6, 6.07) is 0. The fourth-order valence-electron chi connectivity index (χ4n) is 1.28. The Balaban J connectivity index is 3.24. The number of ether oxygens (including phenoxy) is 3. The van der Waals surface area contributed by atoms with Gasteiger partial charge in [0.1, 0.15) is 0 Å². The Morgan fingerprint density at radius 2 is 1.61 bits per heavy atom. The van der Waals surface area contributed by atoms with Gasteiger partial charge in [-0.1, -0.05) is 0 Å². The molecule has 0 aliphatic heterocycles. The van der Waals surface area contributed by atoms with E-state index in [9.17, 15) is 4.79 Å². The number of hydrogen-bond donors (Lipinski definition) is 2. The monoisotopic (exact) mass is 262 g/mol. The molecule has 18 heavy (non-hydrogen) atoms. The zero-order valence-corrected chi connectivity index (χ0v) is 11.4.